The molecule has 1 amide bonds. The van der Waals surface area contributed by atoms with Gasteiger partial charge in [-0.25, -0.2) is 4.98 Å². The van der Waals surface area contributed by atoms with Gasteiger partial charge in [-0.15, -0.1) is 0 Å². The van der Waals surface area contributed by atoms with E-state index in [2.05, 4.69) is 5.32 Å². The minimum absolute atomic E-state index is 0.0425. The molecule has 2 aromatic heterocycles. The predicted octanol–water partition coefficient (Wildman–Crippen LogP) is 4.83. The second-order valence-corrected chi connectivity index (χ2v) is 8.16. The van der Waals surface area contributed by atoms with E-state index in [1.54, 1.807) is 7.11 Å². The van der Waals surface area contributed by atoms with Gasteiger partial charge in [0.1, 0.15) is 10.6 Å². The van der Waals surface area contributed by atoms with Gasteiger partial charge < -0.3 is 10.1 Å². The van der Waals surface area contributed by atoms with Gasteiger partial charge in [-0.3, -0.25) is 9.20 Å². The molecule has 1 aliphatic carbocycles. The Morgan fingerprint density at radius 3 is 2.52 bits per heavy atom. The molecule has 3 aromatic rings. The van der Waals surface area contributed by atoms with Crippen LogP contribution in [0.2, 0.25) is 0 Å². The molecule has 0 atom stereocenters. The number of methoxy groups -OCH3 is 1. The van der Waals surface area contributed by atoms with E-state index in [-0.39, 0.29) is 5.91 Å². The summed E-state index contributed by atoms with van der Waals surface area (Å²) in [6.07, 6.45) is 9.18. The SMILES string of the molecule is COc1ccc(-c2cn3c(C)c(C(=O)NC4CCCCCC4)sc3n2)cc1. The van der Waals surface area contributed by atoms with Crippen LogP contribution in [0.4, 0.5) is 0 Å². The zero-order valence-electron chi connectivity index (χ0n) is 15.8. The maximum absolute atomic E-state index is 12.8. The standard InChI is InChI=1S/C21H25N3O2S/c1-14-19(20(25)22-16-7-5-3-4-6-8-16)27-21-23-18(13-24(14)21)15-9-11-17(26-2)12-10-15/h9-13,16H,3-8H2,1-2H3,(H,22,25). The molecule has 0 aliphatic heterocycles. The Morgan fingerprint density at radius 1 is 1.19 bits per heavy atom. The van der Waals surface area contributed by atoms with E-state index in [1.807, 2.05) is 41.8 Å². The molecule has 27 heavy (non-hydrogen) atoms. The zero-order chi connectivity index (χ0) is 18.8. The van der Waals surface area contributed by atoms with Crippen LogP contribution in [-0.2, 0) is 0 Å². The number of aryl methyl sites for hydroxylation is 1. The van der Waals surface area contributed by atoms with Crippen molar-refractivity contribution >= 4 is 22.2 Å². The number of nitrogens with one attached hydrogen (secondary N) is 1. The molecule has 4 rings (SSSR count). The fraction of sp³-hybridized carbons (Fsp3) is 0.429. The third kappa shape index (κ3) is 3.72. The first kappa shape index (κ1) is 18.0. The molecule has 1 aliphatic rings. The molecule has 6 heteroatoms. The summed E-state index contributed by atoms with van der Waals surface area (Å²) in [7, 11) is 1.66. The van der Waals surface area contributed by atoms with Crippen LogP contribution in [0.5, 0.6) is 5.75 Å². The molecule has 5 nitrogen and oxygen atoms in total. The number of hydrogen-bond acceptors (Lipinski definition) is 4. The second kappa shape index (κ2) is 7.72. The fourth-order valence-corrected chi connectivity index (χ4v) is 4.75. The Hall–Kier alpha value is -2.34. The summed E-state index contributed by atoms with van der Waals surface area (Å²) in [5.41, 5.74) is 2.90. The second-order valence-electron chi connectivity index (χ2n) is 7.19. The molecular weight excluding hydrogens is 358 g/mol. The Bertz CT molecular complexity index is 934. The summed E-state index contributed by atoms with van der Waals surface area (Å²) in [4.78, 5) is 19.1. The number of thiazole rings is 1. The Labute approximate surface area is 163 Å². The summed E-state index contributed by atoms with van der Waals surface area (Å²) in [5.74, 6) is 0.870. The van der Waals surface area contributed by atoms with Crippen LogP contribution in [0.15, 0.2) is 30.5 Å². The smallest absolute Gasteiger partial charge is 0.263 e. The Morgan fingerprint density at radius 2 is 1.89 bits per heavy atom. The number of benzene rings is 1. The molecule has 2 heterocycles. The lowest BCUT2D eigenvalue weighted by Gasteiger charge is -2.15. The number of aromatic nitrogens is 2. The third-order valence-electron chi connectivity index (χ3n) is 5.34. The normalized spacial score (nSPS) is 15.6. The number of nitrogens with zero attached hydrogens (tertiary/aromatic N) is 2. The summed E-state index contributed by atoms with van der Waals surface area (Å²) >= 11 is 1.46. The highest BCUT2D eigenvalue weighted by molar-refractivity contribution is 7.19. The lowest BCUT2D eigenvalue weighted by Crippen LogP contribution is -2.34. The van der Waals surface area contributed by atoms with Crippen LogP contribution in [0.1, 0.15) is 53.9 Å². The van der Waals surface area contributed by atoms with Gasteiger partial charge in [-0.2, -0.15) is 0 Å². The van der Waals surface area contributed by atoms with Crippen molar-refractivity contribution in [2.45, 2.75) is 51.5 Å². The maximum Gasteiger partial charge on any atom is 0.263 e. The van der Waals surface area contributed by atoms with Gasteiger partial charge in [0, 0.05) is 23.5 Å². The van der Waals surface area contributed by atoms with Crippen molar-refractivity contribution < 1.29 is 9.53 Å². The number of carbonyl (C=O) groups is 1. The highest BCUT2D eigenvalue weighted by Crippen LogP contribution is 2.28. The van der Waals surface area contributed by atoms with E-state index in [4.69, 9.17) is 9.72 Å². The minimum atomic E-state index is 0.0425. The van der Waals surface area contributed by atoms with Crippen LogP contribution < -0.4 is 10.1 Å². The van der Waals surface area contributed by atoms with Crippen molar-refractivity contribution in [2.24, 2.45) is 0 Å². The molecule has 0 saturated heterocycles. The van der Waals surface area contributed by atoms with Gasteiger partial charge in [0.2, 0.25) is 0 Å². The summed E-state index contributed by atoms with van der Waals surface area (Å²) in [6, 6.07) is 8.17. The number of amides is 1. The number of fused-ring (bicyclic) bond motifs is 1. The van der Waals surface area contributed by atoms with E-state index in [9.17, 15) is 4.79 Å². The van der Waals surface area contributed by atoms with E-state index in [0.29, 0.717) is 6.04 Å². The summed E-state index contributed by atoms with van der Waals surface area (Å²) in [6.45, 7) is 1.99. The highest BCUT2D eigenvalue weighted by atomic mass is 32.1. The Balaban J connectivity index is 1.55. The van der Waals surface area contributed by atoms with E-state index < -0.39 is 0 Å². The van der Waals surface area contributed by atoms with E-state index in [1.165, 1.54) is 37.0 Å². The maximum atomic E-state index is 12.8. The first-order chi connectivity index (χ1) is 13.2. The minimum Gasteiger partial charge on any atom is -0.497 e. The molecule has 1 saturated carbocycles. The zero-order valence-corrected chi connectivity index (χ0v) is 16.6. The summed E-state index contributed by atoms with van der Waals surface area (Å²) < 4.78 is 7.23. The average molecular weight is 384 g/mol. The fourth-order valence-electron chi connectivity index (χ4n) is 3.74. The van der Waals surface area contributed by atoms with Gasteiger partial charge in [0.05, 0.1) is 12.8 Å². The lowest BCUT2D eigenvalue weighted by molar-refractivity contribution is 0.0936. The predicted molar refractivity (Wildman–Crippen MR) is 109 cm³/mol. The van der Waals surface area contributed by atoms with Gasteiger partial charge in [-0.1, -0.05) is 37.0 Å². The average Bonchev–Trinajstić information content (AvgIpc) is 3.12. The van der Waals surface area contributed by atoms with Crippen LogP contribution in [0.25, 0.3) is 16.2 Å². The van der Waals surface area contributed by atoms with Crippen molar-refractivity contribution in [3.05, 3.63) is 41.0 Å². The number of imidazole rings is 1. The van der Waals surface area contributed by atoms with Gasteiger partial charge in [0.15, 0.2) is 4.96 Å². The van der Waals surface area contributed by atoms with Crippen molar-refractivity contribution in [1.82, 2.24) is 14.7 Å². The molecule has 0 radical (unpaired) electrons. The molecular formula is C21H25N3O2S. The van der Waals surface area contributed by atoms with Crippen LogP contribution in [-0.4, -0.2) is 28.4 Å². The monoisotopic (exact) mass is 383 g/mol. The van der Waals surface area contributed by atoms with Crippen molar-refractivity contribution in [3.8, 4) is 17.0 Å². The third-order valence-corrected chi connectivity index (χ3v) is 6.49. The highest BCUT2D eigenvalue weighted by Gasteiger charge is 2.21. The quantitative estimate of drug-likeness (QED) is 0.656. The van der Waals surface area contributed by atoms with Gasteiger partial charge >= 0.3 is 0 Å². The number of rotatable bonds is 4. The van der Waals surface area contributed by atoms with Gasteiger partial charge in [0.25, 0.3) is 5.91 Å². The van der Waals surface area contributed by atoms with E-state index in [0.717, 1.165) is 45.4 Å². The van der Waals surface area contributed by atoms with Crippen molar-refractivity contribution in [3.63, 3.8) is 0 Å². The van der Waals surface area contributed by atoms with Crippen LogP contribution in [0.3, 0.4) is 0 Å². The van der Waals surface area contributed by atoms with Gasteiger partial charge in [-0.05, 0) is 44.0 Å². The van der Waals surface area contributed by atoms with Crippen molar-refractivity contribution in [1.29, 1.82) is 0 Å². The molecule has 1 fully saturated rings. The molecule has 0 unspecified atom stereocenters. The number of ether oxygens (including phenoxy) is 1. The Kier molecular flexibility index (Phi) is 5.16. The summed E-state index contributed by atoms with van der Waals surface area (Å²) in [5, 5.41) is 3.24. The topological polar surface area (TPSA) is 55.6 Å². The molecule has 142 valence electrons. The lowest BCUT2D eigenvalue weighted by atomic mass is 10.1. The molecule has 0 spiro atoms. The van der Waals surface area contributed by atoms with E-state index >= 15 is 0 Å². The molecule has 0 bridgehead atoms. The molecule has 1 aromatic carbocycles. The number of carbonyl (C=O) groups excluding carboxylic acids is 1. The van der Waals surface area contributed by atoms with Crippen LogP contribution in [0, 0.1) is 6.92 Å². The molecule has 1 N–H and O–H groups in total. The first-order valence-corrected chi connectivity index (χ1v) is 10.4. The number of hydrogen-bond donors (Lipinski definition) is 1. The van der Waals surface area contributed by atoms with Crippen molar-refractivity contribution in [2.75, 3.05) is 7.11 Å². The largest absolute Gasteiger partial charge is 0.497 e. The first-order valence-electron chi connectivity index (χ1n) is 9.59. The van der Waals surface area contributed by atoms with Crippen LogP contribution >= 0.6 is 11.3 Å².